The second-order valence-electron chi connectivity index (χ2n) is 6.50. The van der Waals surface area contributed by atoms with Crippen LogP contribution < -0.4 is 0 Å². The minimum Gasteiger partial charge on any atom is -0.0885 e. The van der Waals surface area contributed by atoms with E-state index in [4.69, 9.17) is 0 Å². The van der Waals surface area contributed by atoms with Crippen molar-refractivity contribution >= 4 is 0 Å². The van der Waals surface area contributed by atoms with Gasteiger partial charge in [0, 0.05) is 0 Å². The van der Waals surface area contributed by atoms with Crippen LogP contribution in [-0.4, -0.2) is 0 Å². The number of fused-ring (bicyclic) bond motifs is 9. The van der Waals surface area contributed by atoms with Crippen LogP contribution >= 0.6 is 0 Å². The molecule has 0 spiro atoms. The highest BCUT2D eigenvalue weighted by Crippen LogP contribution is 2.67. The lowest BCUT2D eigenvalue weighted by atomic mass is 9.69. The first-order valence-corrected chi connectivity index (χ1v) is 7.23. The van der Waals surface area contributed by atoms with Crippen molar-refractivity contribution in [3.05, 3.63) is 24.3 Å². The minimum absolute atomic E-state index is 0.943. The normalized spacial score (nSPS) is 56.7. The van der Waals surface area contributed by atoms with Gasteiger partial charge in [0.1, 0.15) is 0 Å². The third kappa shape index (κ3) is 1.06. The molecule has 0 nitrogen and oxygen atoms in total. The average Bonchev–Trinajstić information content (AvgIpc) is 3.02. The van der Waals surface area contributed by atoms with Gasteiger partial charge < -0.3 is 0 Å². The summed E-state index contributed by atoms with van der Waals surface area (Å²) in [4.78, 5) is 0. The van der Waals surface area contributed by atoms with E-state index in [1.54, 1.807) is 6.42 Å². The van der Waals surface area contributed by atoms with E-state index < -0.39 is 0 Å². The minimum atomic E-state index is 0.943. The third-order valence-electron chi connectivity index (χ3n) is 5.94. The van der Waals surface area contributed by atoms with Gasteiger partial charge in [-0.25, -0.2) is 0 Å². The fourth-order valence-corrected chi connectivity index (χ4v) is 5.60. The van der Waals surface area contributed by atoms with Crippen molar-refractivity contribution in [2.75, 3.05) is 0 Å². The molecule has 4 bridgehead atoms. The predicted octanol–water partition coefficient (Wildman–Crippen LogP) is 4.05. The Hall–Kier alpha value is -0.520. The molecule has 4 aliphatic carbocycles. The van der Waals surface area contributed by atoms with Gasteiger partial charge in [0.15, 0.2) is 0 Å². The molecule has 0 N–H and O–H groups in total. The van der Waals surface area contributed by atoms with Crippen LogP contribution in [0.5, 0.6) is 0 Å². The fourth-order valence-electron chi connectivity index (χ4n) is 5.60. The van der Waals surface area contributed by atoms with Crippen LogP contribution in [-0.2, 0) is 0 Å². The summed E-state index contributed by atoms with van der Waals surface area (Å²) in [6.07, 6.45) is 15.8. The molecule has 4 rings (SSSR count). The molecule has 0 amide bonds. The van der Waals surface area contributed by atoms with Gasteiger partial charge in [-0.1, -0.05) is 31.2 Å². The smallest absolute Gasteiger partial charge is 0.0194 e. The van der Waals surface area contributed by atoms with E-state index in [0.717, 1.165) is 41.4 Å². The SMILES string of the molecule is CCC=CC1CC2CC1C1C3C=CC(C3)C21. The molecule has 3 fully saturated rings. The zero-order valence-corrected chi connectivity index (χ0v) is 10.2. The Morgan fingerprint density at radius 3 is 2.69 bits per heavy atom. The molecule has 0 heterocycles. The van der Waals surface area contributed by atoms with Crippen LogP contribution in [0.3, 0.4) is 0 Å². The summed E-state index contributed by atoms with van der Waals surface area (Å²) in [5, 5.41) is 0. The second-order valence-corrected chi connectivity index (χ2v) is 6.50. The molecule has 0 aromatic rings. The van der Waals surface area contributed by atoms with Crippen LogP contribution in [0.25, 0.3) is 0 Å². The molecule has 4 aliphatic rings. The lowest BCUT2D eigenvalue weighted by Gasteiger charge is -2.35. The third-order valence-corrected chi connectivity index (χ3v) is 5.94. The van der Waals surface area contributed by atoms with Gasteiger partial charge in [0.05, 0.1) is 0 Å². The van der Waals surface area contributed by atoms with Crippen LogP contribution in [0.15, 0.2) is 24.3 Å². The number of allylic oxidation sites excluding steroid dienone is 4. The molecule has 0 radical (unpaired) electrons. The average molecular weight is 214 g/mol. The Morgan fingerprint density at radius 2 is 1.88 bits per heavy atom. The monoisotopic (exact) mass is 214 g/mol. The lowest BCUT2D eigenvalue weighted by molar-refractivity contribution is 0.173. The lowest BCUT2D eigenvalue weighted by Crippen LogP contribution is -2.30. The quantitative estimate of drug-likeness (QED) is 0.480. The first-order valence-electron chi connectivity index (χ1n) is 7.23. The maximum Gasteiger partial charge on any atom is -0.0194 e. The van der Waals surface area contributed by atoms with E-state index in [0.29, 0.717) is 0 Å². The Labute approximate surface area is 98.8 Å². The molecule has 16 heavy (non-hydrogen) atoms. The summed E-state index contributed by atoms with van der Waals surface area (Å²) in [5.74, 6) is 7.23. The fraction of sp³-hybridized carbons (Fsp3) is 0.750. The van der Waals surface area contributed by atoms with Gasteiger partial charge in [0.25, 0.3) is 0 Å². The molecular formula is C16H22. The van der Waals surface area contributed by atoms with Crippen molar-refractivity contribution in [3.8, 4) is 0 Å². The standard InChI is InChI=1S/C16H22/c1-2-3-4-10-7-13-9-14(10)16-12-6-5-11(8-12)15(13)16/h3-6,10-16H,2,7-9H2,1H3. The topological polar surface area (TPSA) is 0 Å². The molecule has 0 aromatic heterocycles. The molecule has 3 saturated carbocycles. The molecule has 0 heteroatoms. The van der Waals surface area contributed by atoms with Gasteiger partial charge in [0.2, 0.25) is 0 Å². The van der Waals surface area contributed by atoms with Crippen LogP contribution in [0.4, 0.5) is 0 Å². The zero-order valence-electron chi connectivity index (χ0n) is 10.2. The molecule has 7 unspecified atom stereocenters. The van der Waals surface area contributed by atoms with E-state index in [1.165, 1.54) is 19.3 Å². The van der Waals surface area contributed by atoms with Gasteiger partial charge in [-0.15, -0.1) is 0 Å². The molecule has 7 atom stereocenters. The molecule has 0 aromatic carbocycles. The zero-order chi connectivity index (χ0) is 10.7. The Bertz CT molecular complexity index is 351. The largest absolute Gasteiger partial charge is 0.0885 e. The highest BCUT2D eigenvalue weighted by atomic mass is 14.6. The molecule has 0 aliphatic heterocycles. The van der Waals surface area contributed by atoms with Crippen molar-refractivity contribution in [2.45, 2.75) is 32.6 Å². The van der Waals surface area contributed by atoms with Gasteiger partial charge >= 0.3 is 0 Å². The second kappa shape index (κ2) is 3.24. The van der Waals surface area contributed by atoms with Crippen LogP contribution in [0.2, 0.25) is 0 Å². The Balaban J connectivity index is 1.61. The van der Waals surface area contributed by atoms with Crippen LogP contribution in [0.1, 0.15) is 32.6 Å². The van der Waals surface area contributed by atoms with E-state index in [2.05, 4.69) is 31.2 Å². The molecule has 86 valence electrons. The predicted molar refractivity (Wildman–Crippen MR) is 66.9 cm³/mol. The Kier molecular flexibility index (Phi) is 1.93. The number of rotatable bonds is 2. The maximum atomic E-state index is 2.55. The van der Waals surface area contributed by atoms with Crippen LogP contribution in [0, 0.1) is 41.4 Å². The van der Waals surface area contributed by atoms with Crippen molar-refractivity contribution in [3.63, 3.8) is 0 Å². The van der Waals surface area contributed by atoms with Crippen molar-refractivity contribution in [2.24, 2.45) is 41.4 Å². The summed E-state index contributed by atoms with van der Waals surface area (Å²) >= 11 is 0. The maximum absolute atomic E-state index is 2.55. The van der Waals surface area contributed by atoms with Gasteiger partial charge in [-0.05, 0) is 67.1 Å². The summed E-state index contributed by atoms with van der Waals surface area (Å²) in [6.45, 7) is 2.26. The highest BCUT2D eigenvalue weighted by molar-refractivity contribution is 5.21. The summed E-state index contributed by atoms with van der Waals surface area (Å²) in [6, 6.07) is 0. The van der Waals surface area contributed by atoms with E-state index in [-0.39, 0.29) is 0 Å². The number of hydrogen-bond donors (Lipinski definition) is 0. The first kappa shape index (κ1) is 9.50. The Morgan fingerprint density at radius 1 is 1.06 bits per heavy atom. The summed E-state index contributed by atoms with van der Waals surface area (Å²) in [5.41, 5.74) is 0. The molecular weight excluding hydrogens is 192 g/mol. The van der Waals surface area contributed by atoms with E-state index >= 15 is 0 Å². The first-order chi connectivity index (χ1) is 7.88. The molecule has 0 saturated heterocycles. The highest BCUT2D eigenvalue weighted by Gasteiger charge is 2.60. The van der Waals surface area contributed by atoms with Crippen molar-refractivity contribution in [1.82, 2.24) is 0 Å². The van der Waals surface area contributed by atoms with E-state index in [1.807, 2.05) is 0 Å². The van der Waals surface area contributed by atoms with Gasteiger partial charge in [-0.3, -0.25) is 0 Å². The van der Waals surface area contributed by atoms with Crippen molar-refractivity contribution < 1.29 is 0 Å². The van der Waals surface area contributed by atoms with E-state index in [9.17, 15) is 0 Å². The van der Waals surface area contributed by atoms with Crippen molar-refractivity contribution in [1.29, 1.82) is 0 Å². The summed E-state index contributed by atoms with van der Waals surface area (Å²) in [7, 11) is 0. The number of hydrogen-bond acceptors (Lipinski definition) is 0. The summed E-state index contributed by atoms with van der Waals surface area (Å²) < 4.78 is 0. The van der Waals surface area contributed by atoms with Gasteiger partial charge in [-0.2, -0.15) is 0 Å².